The fourth-order valence-corrected chi connectivity index (χ4v) is 2.82. The van der Waals surface area contributed by atoms with Crippen LogP contribution in [0.3, 0.4) is 0 Å². The minimum Gasteiger partial charge on any atom is -0.281 e. The monoisotopic (exact) mass is 167 g/mol. The number of rotatable bonds is 0. The highest BCUT2D eigenvalue weighted by atomic mass is 32.2. The molecule has 0 fully saturated rings. The van der Waals surface area contributed by atoms with Gasteiger partial charge in [0, 0.05) is 9.40 Å². The highest BCUT2D eigenvalue weighted by Crippen LogP contribution is 2.19. The number of hydrogen-bond donors (Lipinski definition) is 1. The Morgan fingerprint density at radius 3 is 2.00 bits per heavy atom. The summed E-state index contributed by atoms with van der Waals surface area (Å²) in [6.45, 7) is 0. The lowest BCUT2D eigenvalue weighted by Crippen LogP contribution is -1.73. The second kappa shape index (κ2) is 2.18. The molecule has 2 rings (SSSR count). The summed E-state index contributed by atoms with van der Waals surface area (Å²) in [6.07, 6.45) is 0. The molecule has 1 heterocycles. The third-order valence-corrected chi connectivity index (χ3v) is 3.41. The van der Waals surface area contributed by atoms with Crippen molar-refractivity contribution in [1.29, 1.82) is 5.41 Å². The van der Waals surface area contributed by atoms with E-state index < -0.39 is 0 Å². The van der Waals surface area contributed by atoms with Gasteiger partial charge < -0.3 is 0 Å². The van der Waals surface area contributed by atoms with Crippen LogP contribution in [0.2, 0.25) is 0 Å². The molecule has 50 valence electrons. The predicted molar refractivity (Wildman–Crippen MR) is 45.6 cm³/mol. The first-order chi connectivity index (χ1) is 4.86. The molecule has 0 radical (unpaired) electrons. The third kappa shape index (κ3) is 0.874. The van der Waals surface area contributed by atoms with Crippen LogP contribution in [0, 0.1) is 5.41 Å². The fourth-order valence-electron chi connectivity index (χ4n) is 0.839. The van der Waals surface area contributed by atoms with Crippen LogP contribution in [0.25, 0.3) is 9.40 Å². The first-order valence-corrected chi connectivity index (χ1v) is 4.53. The molecule has 0 spiro atoms. The molecular weight excluding hydrogens is 162 g/mol. The smallest absolute Gasteiger partial charge is 0.164 e. The fraction of sp³-hybridized carbons (Fsp3) is 0. The van der Waals surface area contributed by atoms with E-state index in [0.29, 0.717) is 3.98 Å². The Morgan fingerprint density at radius 2 is 1.50 bits per heavy atom. The van der Waals surface area contributed by atoms with E-state index >= 15 is 0 Å². The summed E-state index contributed by atoms with van der Waals surface area (Å²) in [5, 5.41) is 7.36. The zero-order chi connectivity index (χ0) is 6.97. The first kappa shape index (κ1) is 6.07. The number of benzene rings is 1. The lowest BCUT2D eigenvalue weighted by atomic mass is 10.4. The molecule has 1 aromatic heterocycles. The molecule has 2 aromatic rings. The molecule has 10 heavy (non-hydrogen) atoms. The van der Waals surface area contributed by atoms with Gasteiger partial charge in [-0.05, 0) is 12.1 Å². The van der Waals surface area contributed by atoms with Gasteiger partial charge in [-0.3, -0.25) is 5.41 Å². The van der Waals surface area contributed by atoms with Crippen LogP contribution >= 0.6 is 22.7 Å². The van der Waals surface area contributed by atoms with Crippen molar-refractivity contribution in [2.45, 2.75) is 0 Å². The van der Waals surface area contributed by atoms with Gasteiger partial charge in [-0.15, -0.1) is 22.7 Å². The average molecular weight is 167 g/mol. The SMILES string of the molecule is N=c1sc2ccccc2s1. The number of fused-ring (bicyclic) bond motifs is 1. The molecule has 0 saturated carbocycles. The van der Waals surface area contributed by atoms with Gasteiger partial charge in [0.2, 0.25) is 0 Å². The normalized spacial score (nSPS) is 10.4. The maximum Gasteiger partial charge on any atom is 0.164 e. The molecule has 0 unspecified atom stereocenters. The average Bonchev–Trinajstić information content (AvgIpc) is 2.27. The maximum absolute atomic E-state index is 7.36. The van der Waals surface area contributed by atoms with Gasteiger partial charge >= 0.3 is 0 Å². The highest BCUT2D eigenvalue weighted by Gasteiger charge is 1.93. The molecule has 0 saturated heterocycles. The molecule has 1 N–H and O–H groups in total. The van der Waals surface area contributed by atoms with E-state index in [4.69, 9.17) is 5.41 Å². The van der Waals surface area contributed by atoms with Gasteiger partial charge in [-0.2, -0.15) is 0 Å². The quantitative estimate of drug-likeness (QED) is 0.623. The van der Waals surface area contributed by atoms with Crippen LogP contribution < -0.4 is 3.98 Å². The lowest BCUT2D eigenvalue weighted by molar-refractivity contribution is 1.41. The topological polar surface area (TPSA) is 23.9 Å². The van der Waals surface area contributed by atoms with Crippen molar-refractivity contribution in [3.05, 3.63) is 28.3 Å². The van der Waals surface area contributed by atoms with Gasteiger partial charge in [0.1, 0.15) is 0 Å². The van der Waals surface area contributed by atoms with E-state index in [9.17, 15) is 0 Å². The molecule has 0 aliphatic heterocycles. The molecule has 0 aliphatic rings. The Bertz CT molecular complexity index is 363. The standard InChI is InChI=1S/C7H5NS2/c8-7-9-5-3-1-2-4-6(5)10-7/h1-4,8H. The van der Waals surface area contributed by atoms with Crippen LogP contribution in [0.15, 0.2) is 24.3 Å². The molecule has 1 nitrogen and oxygen atoms in total. The molecule has 0 aliphatic carbocycles. The van der Waals surface area contributed by atoms with E-state index in [1.54, 1.807) is 0 Å². The van der Waals surface area contributed by atoms with Crippen LogP contribution in [-0.4, -0.2) is 0 Å². The van der Waals surface area contributed by atoms with Crippen molar-refractivity contribution in [3.8, 4) is 0 Å². The summed E-state index contributed by atoms with van der Waals surface area (Å²) < 4.78 is 3.12. The van der Waals surface area contributed by atoms with Crippen LogP contribution in [0.5, 0.6) is 0 Å². The summed E-state index contributed by atoms with van der Waals surface area (Å²) in [5.74, 6) is 0. The summed E-state index contributed by atoms with van der Waals surface area (Å²) in [4.78, 5) is 0. The Hall–Kier alpha value is -0.670. The van der Waals surface area contributed by atoms with Crippen molar-refractivity contribution >= 4 is 32.1 Å². The third-order valence-electron chi connectivity index (χ3n) is 1.25. The van der Waals surface area contributed by atoms with E-state index in [2.05, 4.69) is 12.1 Å². The van der Waals surface area contributed by atoms with Crippen molar-refractivity contribution in [3.63, 3.8) is 0 Å². The van der Waals surface area contributed by atoms with Crippen molar-refractivity contribution in [1.82, 2.24) is 0 Å². The Balaban J connectivity index is 3.01. The van der Waals surface area contributed by atoms with Gasteiger partial charge in [-0.1, -0.05) is 12.1 Å². The largest absolute Gasteiger partial charge is 0.281 e. The molecule has 0 amide bonds. The van der Waals surface area contributed by atoms with Crippen LogP contribution in [0.1, 0.15) is 0 Å². The minimum atomic E-state index is 0.682. The molecule has 0 bridgehead atoms. The Kier molecular flexibility index (Phi) is 1.32. The van der Waals surface area contributed by atoms with Crippen LogP contribution in [0.4, 0.5) is 0 Å². The second-order valence-corrected chi connectivity index (χ2v) is 4.30. The zero-order valence-electron chi connectivity index (χ0n) is 5.13. The first-order valence-electron chi connectivity index (χ1n) is 2.89. The Morgan fingerprint density at radius 1 is 1.00 bits per heavy atom. The van der Waals surface area contributed by atoms with Crippen LogP contribution in [-0.2, 0) is 0 Å². The van der Waals surface area contributed by atoms with Crippen molar-refractivity contribution in [2.24, 2.45) is 0 Å². The van der Waals surface area contributed by atoms with Crippen molar-refractivity contribution in [2.75, 3.05) is 0 Å². The van der Waals surface area contributed by atoms with E-state index in [-0.39, 0.29) is 0 Å². The summed E-state index contributed by atoms with van der Waals surface area (Å²) in [5.41, 5.74) is 0. The second-order valence-electron chi connectivity index (χ2n) is 1.94. The predicted octanol–water partition coefficient (Wildman–Crippen LogP) is 2.44. The zero-order valence-corrected chi connectivity index (χ0v) is 6.76. The van der Waals surface area contributed by atoms with E-state index in [1.807, 2.05) is 12.1 Å². The molecule has 0 atom stereocenters. The number of nitrogens with one attached hydrogen (secondary N) is 1. The van der Waals surface area contributed by atoms with Gasteiger partial charge in [-0.25, -0.2) is 0 Å². The van der Waals surface area contributed by atoms with Gasteiger partial charge in [0.05, 0.1) is 0 Å². The lowest BCUT2D eigenvalue weighted by Gasteiger charge is -1.80. The highest BCUT2D eigenvalue weighted by molar-refractivity contribution is 7.35. The maximum atomic E-state index is 7.36. The molecular formula is C7H5NS2. The summed E-state index contributed by atoms with van der Waals surface area (Å²) >= 11 is 3.07. The minimum absolute atomic E-state index is 0.682. The van der Waals surface area contributed by atoms with Crippen molar-refractivity contribution < 1.29 is 0 Å². The van der Waals surface area contributed by atoms with Gasteiger partial charge in [0.25, 0.3) is 0 Å². The number of hydrogen-bond acceptors (Lipinski definition) is 3. The molecule has 1 aromatic carbocycles. The summed E-state index contributed by atoms with van der Waals surface area (Å²) in [6, 6.07) is 8.11. The van der Waals surface area contributed by atoms with E-state index in [0.717, 1.165) is 0 Å². The molecule has 3 heteroatoms. The Labute approximate surface area is 66.1 Å². The summed E-state index contributed by atoms with van der Waals surface area (Å²) in [7, 11) is 0. The van der Waals surface area contributed by atoms with E-state index in [1.165, 1.54) is 32.1 Å². The van der Waals surface area contributed by atoms with Gasteiger partial charge in [0.15, 0.2) is 3.98 Å².